The molecule has 0 atom stereocenters. The maximum atomic E-state index is 5.53. The van der Waals surface area contributed by atoms with Gasteiger partial charge in [-0.05, 0) is 31.5 Å². The van der Waals surface area contributed by atoms with Gasteiger partial charge in [-0.3, -0.25) is 4.98 Å². The van der Waals surface area contributed by atoms with Gasteiger partial charge in [0, 0.05) is 23.4 Å². The summed E-state index contributed by atoms with van der Waals surface area (Å²) in [6.45, 7) is 4.78. The Morgan fingerprint density at radius 2 is 1.83 bits per heavy atom. The number of thioether (sulfide) groups is 1. The van der Waals surface area contributed by atoms with Gasteiger partial charge in [0.2, 0.25) is 0 Å². The summed E-state index contributed by atoms with van der Waals surface area (Å²) in [7, 11) is 0. The molecule has 0 aliphatic rings. The summed E-state index contributed by atoms with van der Waals surface area (Å²) in [5.74, 6) is 0.978. The summed E-state index contributed by atoms with van der Waals surface area (Å²) in [6.07, 6.45) is 1.90. The Morgan fingerprint density at radius 1 is 1.11 bits per heavy atom. The van der Waals surface area contributed by atoms with Crippen molar-refractivity contribution in [1.29, 1.82) is 0 Å². The normalized spacial score (nSPS) is 10.6. The van der Waals surface area contributed by atoms with Gasteiger partial charge in [0.15, 0.2) is 0 Å². The van der Waals surface area contributed by atoms with Crippen molar-refractivity contribution in [3.8, 4) is 0 Å². The van der Waals surface area contributed by atoms with Crippen LogP contribution in [0.4, 0.5) is 0 Å². The van der Waals surface area contributed by atoms with Crippen molar-refractivity contribution in [3.05, 3.63) is 58.9 Å². The number of nitrogens with two attached hydrogens (primary N) is 1. The highest BCUT2D eigenvalue weighted by molar-refractivity contribution is 7.98. The Morgan fingerprint density at radius 3 is 2.39 bits per heavy atom. The minimum absolute atomic E-state index is 0.502. The maximum absolute atomic E-state index is 5.53. The Labute approximate surface area is 113 Å². The Balaban J connectivity index is 2.01. The van der Waals surface area contributed by atoms with Gasteiger partial charge in [-0.2, -0.15) is 0 Å². The maximum Gasteiger partial charge on any atom is 0.0540 e. The highest BCUT2D eigenvalue weighted by atomic mass is 32.2. The van der Waals surface area contributed by atoms with Gasteiger partial charge in [0.25, 0.3) is 0 Å². The minimum atomic E-state index is 0.502. The molecule has 0 aliphatic carbocycles. The van der Waals surface area contributed by atoms with Crippen LogP contribution in [-0.2, 0) is 12.3 Å². The van der Waals surface area contributed by atoms with E-state index in [1.165, 1.54) is 21.6 Å². The van der Waals surface area contributed by atoms with Crippen molar-refractivity contribution in [2.45, 2.75) is 31.0 Å². The van der Waals surface area contributed by atoms with Crippen LogP contribution in [-0.4, -0.2) is 4.98 Å². The quantitative estimate of drug-likeness (QED) is 0.854. The summed E-state index contributed by atoms with van der Waals surface area (Å²) < 4.78 is 0. The molecular formula is C15H18N2S. The molecule has 0 saturated carbocycles. The summed E-state index contributed by atoms with van der Waals surface area (Å²) >= 11 is 1.81. The molecule has 0 spiro atoms. The molecule has 0 radical (unpaired) electrons. The van der Waals surface area contributed by atoms with Crippen molar-refractivity contribution >= 4 is 11.8 Å². The van der Waals surface area contributed by atoms with Crippen molar-refractivity contribution in [2.75, 3.05) is 0 Å². The van der Waals surface area contributed by atoms with Gasteiger partial charge in [-0.15, -0.1) is 11.8 Å². The van der Waals surface area contributed by atoms with E-state index in [2.05, 4.69) is 43.1 Å². The zero-order valence-corrected chi connectivity index (χ0v) is 11.6. The first-order valence-electron chi connectivity index (χ1n) is 6.02. The van der Waals surface area contributed by atoms with E-state index in [0.717, 1.165) is 11.4 Å². The number of pyridine rings is 1. The van der Waals surface area contributed by atoms with Crippen LogP contribution in [0.3, 0.4) is 0 Å². The molecule has 18 heavy (non-hydrogen) atoms. The van der Waals surface area contributed by atoms with Crippen LogP contribution in [0.25, 0.3) is 0 Å². The van der Waals surface area contributed by atoms with Crippen molar-refractivity contribution < 1.29 is 0 Å². The first-order valence-corrected chi connectivity index (χ1v) is 7.01. The third kappa shape index (κ3) is 3.59. The number of aryl methyl sites for hydroxylation is 2. The average Bonchev–Trinajstić information content (AvgIpc) is 2.36. The van der Waals surface area contributed by atoms with Crippen molar-refractivity contribution in [1.82, 2.24) is 4.98 Å². The fourth-order valence-corrected chi connectivity index (χ4v) is 2.73. The lowest BCUT2D eigenvalue weighted by Gasteiger charge is -2.05. The summed E-state index contributed by atoms with van der Waals surface area (Å²) in [6, 6.07) is 10.8. The van der Waals surface area contributed by atoms with Crippen LogP contribution >= 0.6 is 11.8 Å². The molecule has 2 N–H and O–H groups in total. The van der Waals surface area contributed by atoms with Crippen LogP contribution < -0.4 is 5.73 Å². The molecule has 0 amide bonds. The molecule has 94 valence electrons. The van der Waals surface area contributed by atoms with Crippen LogP contribution in [0.5, 0.6) is 0 Å². The summed E-state index contributed by atoms with van der Waals surface area (Å²) in [4.78, 5) is 5.49. The van der Waals surface area contributed by atoms with E-state index in [1.54, 1.807) is 11.8 Å². The fourth-order valence-electron chi connectivity index (χ4n) is 1.94. The van der Waals surface area contributed by atoms with Crippen molar-refractivity contribution in [2.24, 2.45) is 5.73 Å². The van der Waals surface area contributed by atoms with E-state index in [0.29, 0.717) is 6.54 Å². The van der Waals surface area contributed by atoms with Gasteiger partial charge in [-0.25, -0.2) is 0 Å². The van der Waals surface area contributed by atoms with Crippen LogP contribution in [0.15, 0.2) is 41.4 Å². The lowest BCUT2D eigenvalue weighted by atomic mass is 10.1. The largest absolute Gasteiger partial charge is 0.325 e. The zero-order valence-electron chi connectivity index (χ0n) is 10.8. The van der Waals surface area contributed by atoms with E-state index in [-0.39, 0.29) is 0 Å². The van der Waals surface area contributed by atoms with E-state index in [1.807, 2.05) is 12.3 Å². The standard InChI is InChI=1S/C15H18N2S/c1-11-5-12(2)7-13(6-11)10-18-15-4-3-14(8-16)17-9-15/h3-7,9H,8,10,16H2,1-2H3. The van der Waals surface area contributed by atoms with Gasteiger partial charge in [0.05, 0.1) is 5.69 Å². The lowest BCUT2D eigenvalue weighted by Crippen LogP contribution is -1.98. The van der Waals surface area contributed by atoms with E-state index in [9.17, 15) is 0 Å². The number of hydrogen-bond donors (Lipinski definition) is 1. The molecule has 1 aromatic carbocycles. The second kappa shape index (κ2) is 6.03. The lowest BCUT2D eigenvalue weighted by molar-refractivity contribution is 0.977. The molecule has 1 heterocycles. The Kier molecular flexibility index (Phi) is 4.39. The monoisotopic (exact) mass is 258 g/mol. The van der Waals surface area contributed by atoms with Crippen molar-refractivity contribution in [3.63, 3.8) is 0 Å². The first-order chi connectivity index (χ1) is 8.67. The molecule has 0 saturated heterocycles. The second-order valence-corrected chi connectivity index (χ2v) is 5.52. The molecule has 2 rings (SSSR count). The van der Waals surface area contributed by atoms with E-state index in [4.69, 9.17) is 5.73 Å². The Bertz CT molecular complexity index is 500. The molecule has 0 fully saturated rings. The predicted octanol–water partition coefficient (Wildman–Crippen LogP) is 3.45. The molecule has 2 nitrogen and oxygen atoms in total. The zero-order chi connectivity index (χ0) is 13.0. The van der Waals surface area contributed by atoms with Gasteiger partial charge >= 0.3 is 0 Å². The van der Waals surface area contributed by atoms with Crippen LogP contribution in [0.2, 0.25) is 0 Å². The van der Waals surface area contributed by atoms with E-state index < -0.39 is 0 Å². The number of rotatable bonds is 4. The first kappa shape index (κ1) is 13.1. The SMILES string of the molecule is Cc1cc(C)cc(CSc2ccc(CN)nc2)c1. The van der Waals surface area contributed by atoms with E-state index >= 15 is 0 Å². The second-order valence-electron chi connectivity index (χ2n) is 4.47. The fraction of sp³-hybridized carbons (Fsp3) is 0.267. The topological polar surface area (TPSA) is 38.9 Å². The van der Waals surface area contributed by atoms with Gasteiger partial charge in [0.1, 0.15) is 0 Å². The highest BCUT2D eigenvalue weighted by Gasteiger charge is 1.99. The predicted molar refractivity (Wildman–Crippen MR) is 77.6 cm³/mol. The number of benzene rings is 1. The van der Waals surface area contributed by atoms with Gasteiger partial charge in [-0.1, -0.05) is 29.3 Å². The Hall–Kier alpha value is -1.32. The molecule has 0 aliphatic heterocycles. The minimum Gasteiger partial charge on any atom is -0.325 e. The molecule has 3 heteroatoms. The van der Waals surface area contributed by atoms with Crippen LogP contribution in [0, 0.1) is 13.8 Å². The smallest absolute Gasteiger partial charge is 0.0540 e. The highest BCUT2D eigenvalue weighted by Crippen LogP contribution is 2.23. The number of hydrogen-bond acceptors (Lipinski definition) is 3. The third-order valence-corrected chi connectivity index (χ3v) is 3.75. The average molecular weight is 258 g/mol. The molecule has 2 aromatic rings. The molecule has 1 aromatic heterocycles. The molecular weight excluding hydrogens is 240 g/mol. The summed E-state index contributed by atoms with van der Waals surface area (Å²) in [5, 5.41) is 0. The third-order valence-electron chi connectivity index (χ3n) is 2.69. The van der Waals surface area contributed by atoms with Gasteiger partial charge < -0.3 is 5.73 Å². The molecule has 0 unspecified atom stereocenters. The number of nitrogens with zero attached hydrogens (tertiary/aromatic N) is 1. The number of aromatic nitrogens is 1. The van der Waals surface area contributed by atoms with Crippen LogP contribution in [0.1, 0.15) is 22.4 Å². The molecule has 0 bridgehead atoms. The summed E-state index contributed by atoms with van der Waals surface area (Å²) in [5.41, 5.74) is 10.5.